The SMILES string of the molecule is Cc1cccc(C2CCC(C(=O)NCc3ccco3)CN2C(=O)C2CC2)c1. The van der Waals surface area contributed by atoms with Gasteiger partial charge in [-0.1, -0.05) is 29.8 Å². The second-order valence-corrected chi connectivity index (χ2v) is 7.77. The van der Waals surface area contributed by atoms with Gasteiger partial charge in [0.15, 0.2) is 0 Å². The Morgan fingerprint density at radius 2 is 1.93 bits per heavy atom. The van der Waals surface area contributed by atoms with Gasteiger partial charge in [0, 0.05) is 12.5 Å². The van der Waals surface area contributed by atoms with Crippen LogP contribution < -0.4 is 5.32 Å². The van der Waals surface area contributed by atoms with Crippen LogP contribution in [0.5, 0.6) is 0 Å². The van der Waals surface area contributed by atoms with Gasteiger partial charge in [0.05, 0.1) is 24.8 Å². The van der Waals surface area contributed by atoms with E-state index in [1.54, 1.807) is 6.26 Å². The zero-order chi connectivity index (χ0) is 18.8. The molecule has 1 saturated heterocycles. The van der Waals surface area contributed by atoms with E-state index >= 15 is 0 Å². The maximum absolute atomic E-state index is 12.9. The van der Waals surface area contributed by atoms with Gasteiger partial charge < -0.3 is 14.6 Å². The molecule has 27 heavy (non-hydrogen) atoms. The molecule has 1 N–H and O–H groups in total. The molecule has 2 heterocycles. The molecule has 1 aliphatic carbocycles. The van der Waals surface area contributed by atoms with Crippen LogP contribution >= 0.6 is 0 Å². The number of nitrogens with zero attached hydrogens (tertiary/aromatic N) is 1. The van der Waals surface area contributed by atoms with Crippen molar-refractivity contribution in [3.05, 3.63) is 59.5 Å². The molecule has 2 unspecified atom stereocenters. The topological polar surface area (TPSA) is 62.6 Å². The van der Waals surface area contributed by atoms with Gasteiger partial charge in [0.1, 0.15) is 5.76 Å². The molecule has 0 bridgehead atoms. The molecule has 0 radical (unpaired) electrons. The van der Waals surface area contributed by atoms with Crippen molar-refractivity contribution in [2.24, 2.45) is 11.8 Å². The number of hydrogen-bond acceptors (Lipinski definition) is 3. The molecular formula is C22H26N2O3. The van der Waals surface area contributed by atoms with E-state index in [4.69, 9.17) is 4.42 Å². The Labute approximate surface area is 159 Å². The summed E-state index contributed by atoms with van der Waals surface area (Å²) >= 11 is 0. The second-order valence-electron chi connectivity index (χ2n) is 7.77. The second kappa shape index (κ2) is 7.59. The maximum Gasteiger partial charge on any atom is 0.226 e. The van der Waals surface area contributed by atoms with E-state index in [-0.39, 0.29) is 29.7 Å². The van der Waals surface area contributed by atoms with Crippen molar-refractivity contribution >= 4 is 11.8 Å². The first kappa shape index (κ1) is 17.8. The van der Waals surface area contributed by atoms with Gasteiger partial charge in [0.25, 0.3) is 0 Å². The van der Waals surface area contributed by atoms with Crippen LogP contribution in [0.25, 0.3) is 0 Å². The van der Waals surface area contributed by atoms with Crippen LogP contribution in [0, 0.1) is 18.8 Å². The molecule has 2 aromatic rings. The van der Waals surface area contributed by atoms with Crippen molar-refractivity contribution in [3.8, 4) is 0 Å². The first-order valence-corrected chi connectivity index (χ1v) is 9.79. The largest absolute Gasteiger partial charge is 0.467 e. The summed E-state index contributed by atoms with van der Waals surface area (Å²) in [6, 6.07) is 12.1. The van der Waals surface area contributed by atoms with Crippen LogP contribution in [0.4, 0.5) is 0 Å². The molecule has 2 aliphatic rings. The number of carbonyl (C=O) groups is 2. The molecule has 2 fully saturated rings. The first-order valence-electron chi connectivity index (χ1n) is 9.79. The van der Waals surface area contributed by atoms with Crippen LogP contribution in [-0.4, -0.2) is 23.3 Å². The Hall–Kier alpha value is -2.56. The Kier molecular flexibility index (Phi) is 5.01. The van der Waals surface area contributed by atoms with Crippen molar-refractivity contribution in [3.63, 3.8) is 0 Å². The normalized spacial score (nSPS) is 22.5. The van der Waals surface area contributed by atoms with Gasteiger partial charge >= 0.3 is 0 Å². The summed E-state index contributed by atoms with van der Waals surface area (Å²) < 4.78 is 5.28. The average molecular weight is 366 g/mol. The third-order valence-electron chi connectivity index (χ3n) is 5.61. The fraction of sp³-hybridized carbons (Fsp3) is 0.455. The van der Waals surface area contributed by atoms with Crippen LogP contribution in [-0.2, 0) is 16.1 Å². The summed E-state index contributed by atoms with van der Waals surface area (Å²) in [5, 5.41) is 2.95. The first-order chi connectivity index (χ1) is 13.1. The number of hydrogen-bond donors (Lipinski definition) is 1. The smallest absolute Gasteiger partial charge is 0.226 e. The predicted molar refractivity (Wildman–Crippen MR) is 102 cm³/mol. The van der Waals surface area contributed by atoms with Crippen LogP contribution in [0.3, 0.4) is 0 Å². The number of aryl methyl sites for hydroxylation is 1. The molecule has 1 aromatic heterocycles. The number of amides is 2. The molecule has 1 aliphatic heterocycles. The highest BCUT2D eigenvalue weighted by atomic mass is 16.3. The number of likely N-dealkylation sites (tertiary alicyclic amines) is 1. The molecule has 5 heteroatoms. The predicted octanol–water partition coefficient (Wildman–Crippen LogP) is 3.59. The molecule has 4 rings (SSSR count). The van der Waals surface area contributed by atoms with Crippen molar-refractivity contribution < 1.29 is 14.0 Å². The highest BCUT2D eigenvalue weighted by molar-refractivity contribution is 5.84. The molecule has 2 atom stereocenters. The standard InChI is InChI=1S/C22H26N2O3/c1-15-4-2-5-17(12-15)20-10-9-18(14-24(20)22(26)16-7-8-16)21(25)23-13-19-6-3-11-27-19/h2-6,11-12,16,18,20H,7-10,13-14H2,1H3,(H,23,25). The summed E-state index contributed by atoms with van der Waals surface area (Å²) in [6.07, 6.45) is 5.17. The monoisotopic (exact) mass is 366 g/mol. The number of rotatable bonds is 5. The number of nitrogens with one attached hydrogen (secondary N) is 1. The summed E-state index contributed by atoms with van der Waals surface area (Å²) in [5.74, 6) is 0.946. The molecule has 1 aromatic carbocycles. The fourth-order valence-corrected chi connectivity index (χ4v) is 3.95. The van der Waals surface area contributed by atoms with E-state index in [2.05, 4.69) is 30.4 Å². The van der Waals surface area contributed by atoms with E-state index in [0.29, 0.717) is 13.1 Å². The van der Waals surface area contributed by atoms with E-state index in [0.717, 1.165) is 31.4 Å². The summed E-state index contributed by atoms with van der Waals surface area (Å²) in [7, 11) is 0. The van der Waals surface area contributed by atoms with Gasteiger partial charge in [-0.15, -0.1) is 0 Å². The molecule has 2 amide bonds. The third kappa shape index (κ3) is 4.07. The van der Waals surface area contributed by atoms with E-state index in [9.17, 15) is 9.59 Å². The molecular weight excluding hydrogens is 340 g/mol. The lowest BCUT2D eigenvalue weighted by atomic mass is 9.87. The maximum atomic E-state index is 12.9. The van der Waals surface area contributed by atoms with Crippen molar-refractivity contribution in [2.75, 3.05) is 6.54 Å². The lowest BCUT2D eigenvalue weighted by Gasteiger charge is -2.40. The zero-order valence-corrected chi connectivity index (χ0v) is 15.7. The number of carbonyl (C=O) groups excluding carboxylic acids is 2. The molecule has 5 nitrogen and oxygen atoms in total. The third-order valence-corrected chi connectivity index (χ3v) is 5.61. The Morgan fingerprint density at radius 3 is 2.63 bits per heavy atom. The van der Waals surface area contributed by atoms with Crippen molar-refractivity contribution in [2.45, 2.75) is 45.2 Å². The Morgan fingerprint density at radius 1 is 1.11 bits per heavy atom. The van der Waals surface area contributed by atoms with E-state index in [1.807, 2.05) is 23.1 Å². The highest BCUT2D eigenvalue weighted by Gasteiger charge is 2.41. The van der Waals surface area contributed by atoms with Crippen LogP contribution in [0.15, 0.2) is 47.1 Å². The average Bonchev–Trinajstić information content (AvgIpc) is 3.40. The molecule has 0 spiro atoms. The van der Waals surface area contributed by atoms with Crippen LogP contribution in [0.2, 0.25) is 0 Å². The minimum Gasteiger partial charge on any atom is -0.467 e. The summed E-state index contributed by atoms with van der Waals surface area (Å²) in [4.78, 5) is 27.5. The minimum atomic E-state index is -0.163. The van der Waals surface area contributed by atoms with Crippen molar-refractivity contribution in [1.82, 2.24) is 10.2 Å². The summed E-state index contributed by atoms with van der Waals surface area (Å²) in [5.41, 5.74) is 2.38. The fourth-order valence-electron chi connectivity index (χ4n) is 3.95. The van der Waals surface area contributed by atoms with Crippen molar-refractivity contribution in [1.29, 1.82) is 0 Å². The Bertz CT molecular complexity index is 811. The zero-order valence-electron chi connectivity index (χ0n) is 15.7. The van der Waals surface area contributed by atoms with Gasteiger partial charge in [0.2, 0.25) is 11.8 Å². The number of furan rings is 1. The van der Waals surface area contributed by atoms with E-state index in [1.165, 1.54) is 11.1 Å². The van der Waals surface area contributed by atoms with Gasteiger partial charge in [-0.25, -0.2) is 0 Å². The number of piperidine rings is 1. The lowest BCUT2D eigenvalue weighted by molar-refractivity contribution is -0.140. The van der Waals surface area contributed by atoms with Gasteiger partial charge in [-0.05, 0) is 50.3 Å². The lowest BCUT2D eigenvalue weighted by Crippen LogP contribution is -2.47. The Balaban J connectivity index is 1.46. The summed E-state index contributed by atoms with van der Waals surface area (Å²) in [6.45, 7) is 2.96. The van der Waals surface area contributed by atoms with Gasteiger partial charge in [-0.3, -0.25) is 9.59 Å². The van der Waals surface area contributed by atoms with Crippen LogP contribution in [0.1, 0.15) is 48.6 Å². The van der Waals surface area contributed by atoms with E-state index < -0.39 is 0 Å². The highest BCUT2D eigenvalue weighted by Crippen LogP contribution is 2.39. The number of benzene rings is 1. The minimum absolute atomic E-state index is 0.00249. The quantitative estimate of drug-likeness (QED) is 0.879. The molecule has 1 saturated carbocycles. The molecule has 142 valence electrons. The van der Waals surface area contributed by atoms with Gasteiger partial charge in [-0.2, -0.15) is 0 Å².